The quantitative estimate of drug-likeness (QED) is 0.543. The number of amides is 1. The molecule has 4 rings (SSSR count). The van der Waals surface area contributed by atoms with Gasteiger partial charge in [0.05, 0.1) is 29.1 Å². The van der Waals surface area contributed by atoms with Gasteiger partial charge in [0.25, 0.3) is 5.56 Å². The van der Waals surface area contributed by atoms with Crippen molar-refractivity contribution in [3.05, 3.63) is 83.0 Å². The number of aromatic amines is 1. The number of H-pyrrole nitrogens is 1. The first-order valence-corrected chi connectivity index (χ1v) is 9.01. The van der Waals surface area contributed by atoms with Gasteiger partial charge in [0.1, 0.15) is 0 Å². The molecule has 2 N–H and O–H groups in total. The summed E-state index contributed by atoms with van der Waals surface area (Å²) in [4.78, 5) is 29.0. The second-order valence-electron chi connectivity index (χ2n) is 6.42. The molecule has 4 aromatic rings. The summed E-state index contributed by atoms with van der Waals surface area (Å²) >= 11 is 0. The van der Waals surface area contributed by atoms with Crippen LogP contribution in [0.1, 0.15) is 12.0 Å². The fraction of sp³-hybridized carbons (Fsp3) is 0.143. The van der Waals surface area contributed by atoms with E-state index in [-0.39, 0.29) is 24.4 Å². The molecule has 0 aliphatic carbocycles. The van der Waals surface area contributed by atoms with E-state index in [0.717, 1.165) is 16.8 Å². The molecule has 2 aromatic heterocycles. The van der Waals surface area contributed by atoms with Gasteiger partial charge in [0.15, 0.2) is 0 Å². The molecule has 0 aliphatic rings. The van der Waals surface area contributed by atoms with Crippen molar-refractivity contribution in [1.82, 2.24) is 25.1 Å². The number of nitrogens with one attached hydrogen (secondary N) is 2. The summed E-state index contributed by atoms with van der Waals surface area (Å²) in [5, 5.41) is 10.5. The van der Waals surface area contributed by atoms with E-state index in [1.54, 1.807) is 24.4 Å². The first-order chi connectivity index (χ1) is 13.7. The van der Waals surface area contributed by atoms with Gasteiger partial charge in [-0.1, -0.05) is 42.5 Å². The van der Waals surface area contributed by atoms with E-state index in [0.29, 0.717) is 17.4 Å². The van der Waals surface area contributed by atoms with E-state index in [1.807, 2.05) is 36.4 Å². The smallest absolute Gasteiger partial charge is 0.261 e. The number of carbonyl (C=O) groups is 1. The molecular formula is C21H19N5O2. The number of hydrogen-bond donors (Lipinski definition) is 2. The van der Waals surface area contributed by atoms with E-state index in [4.69, 9.17) is 0 Å². The largest absolute Gasteiger partial charge is 0.352 e. The van der Waals surface area contributed by atoms with E-state index < -0.39 is 0 Å². The number of aryl methyl sites for hydroxylation is 1. The van der Waals surface area contributed by atoms with Crippen LogP contribution in [0.4, 0.5) is 0 Å². The van der Waals surface area contributed by atoms with Gasteiger partial charge in [-0.05, 0) is 17.7 Å². The number of para-hydroxylation sites is 1. The molecule has 0 saturated heterocycles. The number of fused-ring (bicyclic) bond motifs is 1. The fourth-order valence-corrected chi connectivity index (χ4v) is 3.07. The highest BCUT2D eigenvalue weighted by molar-refractivity contribution is 5.77. The van der Waals surface area contributed by atoms with Crippen LogP contribution in [0.3, 0.4) is 0 Å². The van der Waals surface area contributed by atoms with Crippen molar-refractivity contribution in [2.45, 2.75) is 19.5 Å². The van der Waals surface area contributed by atoms with Crippen LogP contribution in [-0.2, 0) is 17.9 Å². The standard InChI is InChI=1S/C21H19N5O2/c27-19(10-11-26-14-23-18-9-5-4-8-17(18)21(26)28)22-12-16-13-24-25-20(16)15-6-2-1-3-7-15/h1-9,13-14H,10-12H2,(H,22,27)(H,24,25). The number of aromatic nitrogens is 4. The molecule has 7 nitrogen and oxygen atoms in total. The zero-order valence-corrected chi connectivity index (χ0v) is 15.1. The molecule has 2 aromatic carbocycles. The summed E-state index contributed by atoms with van der Waals surface area (Å²) in [6.45, 7) is 0.643. The number of hydrogen-bond acceptors (Lipinski definition) is 4. The summed E-state index contributed by atoms with van der Waals surface area (Å²) in [6, 6.07) is 17.0. The summed E-state index contributed by atoms with van der Waals surface area (Å²) in [6.07, 6.45) is 3.39. The van der Waals surface area contributed by atoms with Crippen LogP contribution < -0.4 is 10.9 Å². The highest BCUT2D eigenvalue weighted by Crippen LogP contribution is 2.20. The van der Waals surface area contributed by atoms with Gasteiger partial charge in [-0.2, -0.15) is 5.10 Å². The average molecular weight is 373 g/mol. The SMILES string of the molecule is O=C(CCn1cnc2ccccc2c1=O)NCc1cn[nH]c1-c1ccccc1. The monoisotopic (exact) mass is 373 g/mol. The van der Waals surface area contributed by atoms with Gasteiger partial charge in [-0.25, -0.2) is 4.98 Å². The van der Waals surface area contributed by atoms with Crippen LogP contribution in [0.2, 0.25) is 0 Å². The number of benzene rings is 2. The van der Waals surface area contributed by atoms with Gasteiger partial charge < -0.3 is 5.32 Å². The minimum absolute atomic E-state index is 0.139. The Bertz CT molecular complexity index is 1160. The lowest BCUT2D eigenvalue weighted by Gasteiger charge is -2.08. The Hall–Kier alpha value is -3.74. The molecule has 2 heterocycles. The van der Waals surface area contributed by atoms with Crippen molar-refractivity contribution in [2.24, 2.45) is 0 Å². The highest BCUT2D eigenvalue weighted by Gasteiger charge is 2.10. The molecule has 0 bridgehead atoms. The van der Waals surface area contributed by atoms with Crippen LogP contribution in [0.15, 0.2) is 71.9 Å². The van der Waals surface area contributed by atoms with Crippen molar-refractivity contribution < 1.29 is 4.79 Å². The van der Waals surface area contributed by atoms with Gasteiger partial charge in [0, 0.05) is 25.1 Å². The molecule has 0 aliphatic heterocycles. The van der Waals surface area contributed by atoms with Gasteiger partial charge in [-0.15, -0.1) is 0 Å². The third kappa shape index (κ3) is 3.68. The fourth-order valence-electron chi connectivity index (χ4n) is 3.07. The van der Waals surface area contributed by atoms with E-state index >= 15 is 0 Å². The Kier molecular flexibility index (Phi) is 4.97. The number of carbonyl (C=O) groups excluding carboxylic acids is 1. The van der Waals surface area contributed by atoms with Crippen LogP contribution in [0, 0.1) is 0 Å². The minimum Gasteiger partial charge on any atom is -0.352 e. The molecule has 0 atom stereocenters. The molecule has 7 heteroatoms. The Labute approximate surface area is 161 Å². The van der Waals surface area contributed by atoms with Crippen molar-refractivity contribution in [1.29, 1.82) is 0 Å². The Morgan fingerprint density at radius 2 is 1.86 bits per heavy atom. The molecule has 1 amide bonds. The lowest BCUT2D eigenvalue weighted by molar-refractivity contribution is -0.121. The van der Waals surface area contributed by atoms with E-state index in [1.165, 1.54) is 10.9 Å². The molecule has 0 saturated carbocycles. The Morgan fingerprint density at radius 3 is 2.71 bits per heavy atom. The highest BCUT2D eigenvalue weighted by atomic mass is 16.1. The maximum atomic E-state index is 12.5. The lowest BCUT2D eigenvalue weighted by Crippen LogP contribution is -2.27. The molecule has 0 radical (unpaired) electrons. The topological polar surface area (TPSA) is 92.7 Å². The molecule has 0 unspecified atom stereocenters. The summed E-state index contributed by atoms with van der Waals surface area (Å²) in [5.41, 5.74) is 3.32. The maximum Gasteiger partial charge on any atom is 0.261 e. The first kappa shape index (κ1) is 17.7. The second kappa shape index (κ2) is 7.87. The lowest BCUT2D eigenvalue weighted by atomic mass is 10.1. The molecular weight excluding hydrogens is 354 g/mol. The summed E-state index contributed by atoms with van der Waals surface area (Å²) < 4.78 is 1.47. The summed E-state index contributed by atoms with van der Waals surface area (Å²) in [7, 11) is 0. The van der Waals surface area contributed by atoms with E-state index in [9.17, 15) is 9.59 Å². The summed E-state index contributed by atoms with van der Waals surface area (Å²) in [5.74, 6) is -0.139. The van der Waals surface area contributed by atoms with Crippen LogP contribution in [0.25, 0.3) is 22.2 Å². The zero-order valence-electron chi connectivity index (χ0n) is 15.1. The molecule has 0 spiro atoms. The van der Waals surface area contributed by atoms with Crippen molar-refractivity contribution in [3.8, 4) is 11.3 Å². The Morgan fingerprint density at radius 1 is 1.07 bits per heavy atom. The number of nitrogens with zero attached hydrogens (tertiary/aromatic N) is 3. The zero-order chi connectivity index (χ0) is 19.3. The van der Waals surface area contributed by atoms with E-state index in [2.05, 4.69) is 20.5 Å². The predicted octanol–water partition coefficient (Wildman–Crippen LogP) is 2.49. The normalized spacial score (nSPS) is 10.9. The van der Waals surface area contributed by atoms with Crippen molar-refractivity contribution in [2.75, 3.05) is 0 Å². The van der Waals surface area contributed by atoms with Crippen molar-refractivity contribution >= 4 is 16.8 Å². The van der Waals surface area contributed by atoms with Crippen LogP contribution >= 0.6 is 0 Å². The minimum atomic E-state index is -0.139. The van der Waals surface area contributed by atoms with Gasteiger partial charge >= 0.3 is 0 Å². The molecule has 0 fully saturated rings. The molecule has 140 valence electrons. The van der Waals surface area contributed by atoms with Gasteiger partial charge in [-0.3, -0.25) is 19.3 Å². The first-order valence-electron chi connectivity index (χ1n) is 9.01. The number of rotatable bonds is 6. The van der Waals surface area contributed by atoms with Crippen LogP contribution in [-0.4, -0.2) is 25.7 Å². The average Bonchev–Trinajstić information content (AvgIpc) is 3.21. The second-order valence-corrected chi connectivity index (χ2v) is 6.42. The third-order valence-electron chi connectivity index (χ3n) is 4.57. The van der Waals surface area contributed by atoms with Crippen molar-refractivity contribution in [3.63, 3.8) is 0 Å². The molecule has 28 heavy (non-hydrogen) atoms. The van der Waals surface area contributed by atoms with Gasteiger partial charge in [0.2, 0.25) is 5.91 Å². The maximum absolute atomic E-state index is 12.5. The third-order valence-corrected chi connectivity index (χ3v) is 4.57. The van der Waals surface area contributed by atoms with Crippen LogP contribution in [0.5, 0.6) is 0 Å². The predicted molar refractivity (Wildman–Crippen MR) is 106 cm³/mol. The Balaban J connectivity index is 1.38.